The van der Waals surface area contributed by atoms with Gasteiger partial charge < -0.3 is 10.4 Å². The molecule has 0 saturated carbocycles. The van der Waals surface area contributed by atoms with Gasteiger partial charge in [-0.3, -0.25) is 4.90 Å². The number of rotatable bonds is 2. The first-order chi connectivity index (χ1) is 6.24. The van der Waals surface area contributed by atoms with Crippen LogP contribution in [0.3, 0.4) is 0 Å². The number of aliphatic hydroxyl groups excluding tert-OH is 1. The predicted molar refractivity (Wildman–Crippen MR) is 52.7 cm³/mol. The zero-order valence-corrected chi connectivity index (χ0v) is 8.37. The van der Waals surface area contributed by atoms with Crippen LogP contribution in [0.1, 0.15) is 26.2 Å². The molecule has 2 aliphatic heterocycles. The van der Waals surface area contributed by atoms with Crippen LogP contribution in [0.25, 0.3) is 0 Å². The second-order valence-electron chi connectivity index (χ2n) is 4.54. The first-order valence-corrected chi connectivity index (χ1v) is 5.40. The van der Waals surface area contributed by atoms with E-state index in [1.165, 1.54) is 19.3 Å². The molecule has 2 rings (SSSR count). The molecule has 2 saturated heterocycles. The Morgan fingerprint density at radius 2 is 2.15 bits per heavy atom. The standard InChI is InChI=1S/C10H20N2O/c1-8(13)6-12-5-4-9-2-3-10(7-12)11-9/h8-11,13H,2-7H2,1H3/t8-,9?,10?/m0/s1. The minimum atomic E-state index is -0.184. The van der Waals surface area contributed by atoms with Crippen LogP contribution in [0.15, 0.2) is 0 Å². The second-order valence-corrected chi connectivity index (χ2v) is 4.54. The van der Waals surface area contributed by atoms with E-state index < -0.39 is 0 Å². The van der Waals surface area contributed by atoms with Crippen LogP contribution in [0, 0.1) is 0 Å². The van der Waals surface area contributed by atoms with Crippen molar-refractivity contribution in [2.75, 3.05) is 19.6 Å². The molecule has 0 amide bonds. The first-order valence-electron chi connectivity index (χ1n) is 5.40. The number of nitrogens with one attached hydrogen (secondary N) is 1. The molecule has 76 valence electrons. The highest BCUT2D eigenvalue weighted by Gasteiger charge is 2.29. The normalized spacial score (nSPS) is 37.4. The Kier molecular flexibility index (Phi) is 2.86. The number of hydrogen-bond donors (Lipinski definition) is 2. The monoisotopic (exact) mass is 184 g/mol. The number of likely N-dealkylation sites (tertiary alicyclic amines) is 1. The van der Waals surface area contributed by atoms with Crippen LogP contribution in [0.2, 0.25) is 0 Å². The van der Waals surface area contributed by atoms with E-state index in [4.69, 9.17) is 0 Å². The van der Waals surface area contributed by atoms with Crippen LogP contribution in [0.5, 0.6) is 0 Å². The van der Waals surface area contributed by atoms with Gasteiger partial charge in [0.15, 0.2) is 0 Å². The van der Waals surface area contributed by atoms with E-state index in [0.29, 0.717) is 6.04 Å². The van der Waals surface area contributed by atoms with Gasteiger partial charge in [0, 0.05) is 25.2 Å². The smallest absolute Gasteiger partial charge is 0.0639 e. The molecule has 0 aromatic rings. The van der Waals surface area contributed by atoms with Crippen molar-refractivity contribution < 1.29 is 5.11 Å². The van der Waals surface area contributed by atoms with Crippen LogP contribution in [0.4, 0.5) is 0 Å². The Balaban J connectivity index is 1.86. The molecule has 2 fully saturated rings. The maximum absolute atomic E-state index is 9.30. The van der Waals surface area contributed by atoms with Gasteiger partial charge in [-0.2, -0.15) is 0 Å². The lowest BCUT2D eigenvalue weighted by molar-refractivity contribution is 0.123. The van der Waals surface area contributed by atoms with E-state index in [9.17, 15) is 5.11 Å². The van der Waals surface area contributed by atoms with E-state index in [2.05, 4.69) is 10.2 Å². The number of fused-ring (bicyclic) bond motifs is 2. The minimum absolute atomic E-state index is 0.184. The molecule has 0 aliphatic carbocycles. The van der Waals surface area contributed by atoms with E-state index in [-0.39, 0.29) is 6.10 Å². The molecule has 13 heavy (non-hydrogen) atoms. The van der Waals surface area contributed by atoms with Crippen LogP contribution >= 0.6 is 0 Å². The quantitative estimate of drug-likeness (QED) is 0.643. The average Bonchev–Trinajstić information content (AvgIpc) is 2.36. The topological polar surface area (TPSA) is 35.5 Å². The van der Waals surface area contributed by atoms with Gasteiger partial charge in [-0.1, -0.05) is 0 Å². The summed E-state index contributed by atoms with van der Waals surface area (Å²) in [6, 6.07) is 1.44. The lowest BCUT2D eigenvalue weighted by atomic mass is 10.1. The molecule has 3 heteroatoms. The number of hydrogen-bond acceptors (Lipinski definition) is 3. The van der Waals surface area contributed by atoms with Gasteiger partial charge >= 0.3 is 0 Å². The Hall–Kier alpha value is -0.120. The summed E-state index contributed by atoms with van der Waals surface area (Å²) in [5.41, 5.74) is 0. The fraction of sp³-hybridized carbons (Fsp3) is 1.00. The Labute approximate surface area is 80.1 Å². The molecule has 3 atom stereocenters. The van der Waals surface area contributed by atoms with E-state index in [0.717, 1.165) is 25.7 Å². The van der Waals surface area contributed by atoms with Crippen molar-refractivity contribution in [3.05, 3.63) is 0 Å². The van der Waals surface area contributed by atoms with Gasteiger partial charge in [-0.05, 0) is 32.7 Å². The molecule has 2 heterocycles. The van der Waals surface area contributed by atoms with Crippen molar-refractivity contribution in [2.24, 2.45) is 0 Å². The zero-order valence-electron chi connectivity index (χ0n) is 8.37. The van der Waals surface area contributed by atoms with Crippen molar-refractivity contribution in [3.63, 3.8) is 0 Å². The summed E-state index contributed by atoms with van der Waals surface area (Å²) >= 11 is 0. The van der Waals surface area contributed by atoms with Crippen LogP contribution in [-0.2, 0) is 0 Å². The summed E-state index contributed by atoms with van der Waals surface area (Å²) in [7, 11) is 0. The Bertz CT molecular complexity index is 172. The van der Waals surface area contributed by atoms with E-state index in [1.54, 1.807) is 0 Å². The third-order valence-corrected chi connectivity index (χ3v) is 3.13. The summed E-state index contributed by atoms with van der Waals surface area (Å²) in [6.07, 6.45) is 3.74. The van der Waals surface area contributed by atoms with E-state index >= 15 is 0 Å². The van der Waals surface area contributed by atoms with Crippen molar-refractivity contribution in [1.82, 2.24) is 10.2 Å². The van der Waals surface area contributed by atoms with Crippen molar-refractivity contribution in [3.8, 4) is 0 Å². The summed E-state index contributed by atoms with van der Waals surface area (Å²) < 4.78 is 0. The highest BCUT2D eigenvalue weighted by Crippen LogP contribution is 2.20. The fourth-order valence-electron chi connectivity index (χ4n) is 2.55. The molecule has 0 spiro atoms. The van der Waals surface area contributed by atoms with Crippen LogP contribution < -0.4 is 5.32 Å². The van der Waals surface area contributed by atoms with Crippen molar-refractivity contribution in [1.29, 1.82) is 0 Å². The summed E-state index contributed by atoms with van der Waals surface area (Å²) in [4.78, 5) is 2.39. The van der Waals surface area contributed by atoms with Crippen molar-refractivity contribution >= 4 is 0 Å². The highest BCUT2D eigenvalue weighted by molar-refractivity contribution is 4.89. The number of nitrogens with zero attached hydrogens (tertiary/aromatic N) is 1. The molecular formula is C10H20N2O. The third kappa shape index (κ3) is 2.42. The molecule has 0 aromatic heterocycles. The Morgan fingerprint density at radius 3 is 2.92 bits per heavy atom. The molecule has 2 N–H and O–H groups in total. The average molecular weight is 184 g/mol. The number of aliphatic hydroxyl groups is 1. The number of β-amino-alcohol motifs (C(OH)–C–C–N with tert-alkyl or cyclic N) is 1. The van der Waals surface area contributed by atoms with Gasteiger partial charge in [0.25, 0.3) is 0 Å². The van der Waals surface area contributed by atoms with Crippen LogP contribution in [-0.4, -0.2) is 47.8 Å². The lowest BCUT2D eigenvalue weighted by Crippen LogP contribution is -2.38. The first kappa shape index (κ1) is 9.44. The zero-order chi connectivity index (χ0) is 9.26. The van der Waals surface area contributed by atoms with Gasteiger partial charge in [-0.25, -0.2) is 0 Å². The minimum Gasteiger partial charge on any atom is -0.392 e. The molecule has 2 unspecified atom stereocenters. The van der Waals surface area contributed by atoms with Gasteiger partial charge in [0.2, 0.25) is 0 Å². The van der Waals surface area contributed by atoms with E-state index in [1.807, 2.05) is 6.92 Å². The SMILES string of the molecule is C[C@H](O)CN1CCC2CCC(C1)N2. The Morgan fingerprint density at radius 1 is 1.38 bits per heavy atom. The fourth-order valence-corrected chi connectivity index (χ4v) is 2.55. The molecular weight excluding hydrogens is 164 g/mol. The summed E-state index contributed by atoms with van der Waals surface area (Å²) in [5, 5.41) is 12.9. The molecule has 0 aromatic carbocycles. The maximum Gasteiger partial charge on any atom is 0.0639 e. The summed E-state index contributed by atoms with van der Waals surface area (Å²) in [5.74, 6) is 0. The third-order valence-electron chi connectivity index (χ3n) is 3.13. The second kappa shape index (κ2) is 3.95. The predicted octanol–water partition coefficient (Wildman–Crippen LogP) is 0.194. The molecule has 2 bridgehead atoms. The lowest BCUT2D eigenvalue weighted by Gasteiger charge is -2.24. The molecule has 3 nitrogen and oxygen atoms in total. The molecule has 0 radical (unpaired) electrons. The van der Waals surface area contributed by atoms with Gasteiger partial charge in [0.05, 0.1) is 6.10 Å². The maximum atomic E-state index is 9.30. The van der Waals surface area contributed by atoms with Crippen molar-refractivity contribution in [2.45, 2.75) is 44.4 Å². The molecule has 2 aliphatic rings. The largest absolute Gasteiger partial charge is 0.392 e. The van der Waals surface area contributed by atoms with Gasteiger partial charge in [-0.15, -0.1) is 0 Å². The summed E-state index contributed by atoms with van der Waals surface area (Å²) in [6.45, 7) is 4.99. The highest BCUT2D eigenvalue weighted by atomic mass is 16.3. The van der Waals surface area contributed by atoms with Gasteiger partial charge in [0.1, 0.15) is 0 Å².